The topological polar surface area (TPSA) is 23.6 Å². The molecule has 0 N–H and O–H groups in total. The summed E-state index contributed by atoms with van der Waals surface area (Å²) in [6.07, 6.45) is 3.18. The monoisotopic (exact) mass is 238 g/mol. The normalized spacial score (nSPS) is 24.1. The van der Waals surface area contributed by atoms with E-state index in [1.807, 2.05) is 0 Å². The van der Waals surface area contributed by atoms with E-state index in [1.165, 1.54) is 12.8 Å². The summed E-state index contributed by atoms with van der Waals surface area (Å²) in [6.45, 7) is 8.79. The second-order valence-electron chi connectivity index (χ2n) is 6.25. The van der Waals surface area contributed by atoms with E-state index in [-0.39, 0.29) is 0 Å². The fourth-order valence-electron chi connectivity index (χ4n) is 3.15. The molecule has 2 fully saturated rings. The van der Waals surface area contributed by atoms with Gasteiger partial charge in [0.05, 0.1) is 0 Å². The molecule has 3 nitrogen and oxygen atoms in total. The summed E-state index contributed by atoms with van der Waals surface area (Å²) in [5, 5.41) is 0. The van der Waals surface area contributed by atoms with Crippen molar-refractivity contribution in [3.8, 4) is 0 Å². The van der Waals surface area contributed by atoms with E-state index in [0.29, 0.717) is 11.8 Å². The Morgan fingerprint density at radius 2 is 1.82 bits per heavy atom. The summed E-state index contributed by atoms with van der Waals surface area (Å²) in [5.74, 6) is 2.61. The first-order valence-electron chi connectivity index (χ1n) is 7.02. The van der Waals surface area contributed by atoms with Crippen LogP contribution in [0.5, 0.6) is 0 Å². The molecule has 0 spiro atoms. The highest BCUT2D eigenvalue weighted by Gasteiger charge is 2.29. The Bertz CT molecular complexity index is 263. The van der Waals surface area contributed by atoms with Crippen molar-refractivity contribution < 1.29 is 4.79 Å². The van der Waals surface area contributed by atoms with Gasteiger partial charge in [-0.3, -0.25) is 4.79 Å². The van der Waals surface area contributed by atoms with Gasteiger partial charge in [-0.15, -0.1) is 0 Å². The van der Waals surface area contributed by atoms with Crippen LogP contribution in [0.15, 0.2) is 0 Å². The standard InChI is InChI=1S/C14H26N2O/c1-11(2)13-4-6-16(7-5-13)14(17)8-12-9-15(3)10-12/h11-13H,4-10H2,1-3H3. The van der Waals surface area contributed by atoms with E-state index in [1.54, 1.807) is 0 Å². The summed E-state index contributed by atoms with van der Waals surface area (Å²) >= 11 is 0. The number of hydrogen-bond donors (Lipinski definition) is 0. The molecule has 0 aromatic carbocycles. The quantitative estimate of drug-likeness (QED) is 0.749. The number of carbonyl (C=O) groups excluding carboxylic acids is 1. The third kappa shape index (κ3) is 3.21. The first-order chi connectivity index (χ1) is 8.06. The number of nitrogens with zero attached hydrogens (tertiary/aromatic N) is 2. The minimum Gasteiger partial charge on any atom is -0.343 e. The molecule has 0 bridgehead atoms. The average Bonchev–Trinajstić information content (AvgIpc) is 2.27. The molecular formula is C14H26N2O. The van der Waals surface area contributed by atoms with E-state index in [0.717, 1.165) is 44.4 Å². The first-order valence-corrected chi connectivity index (χ1v) is 7.02. The highest BCUT2D eigenvalue weighted by molar-refractivity contribution is 5.76. The van der Waals surface area contributed by atoms with E-state index >= 15 is 0 Å². The van der Waals surface area contributed by atoms with Crippen molar-refractivity contribution in [2.45, 2.75) is 33.1 Å². The summed E-state index contributed by atoms with van der Waals surface area (Å²) in [5.41, 5.74) is 0. The Hall–Kier alpha value is -0.570. The van der Waals surface area contributed by atoms with Crippen LogP contribution in [0, 0.1) is 17.8 Å². The highest BCUT2D eigenvalue weighted by Crippen LogP contribution is 2.26. The van der Waals surface area contributed by atoms with Gasteiger partial charge in [-0.25, -0.2) is 0 Å². The van der Waals surface area contributed by atoms with Gasteiger partial charge in [0.25, 0.3) is 0 Å². The van der Waals surface area contributed by atoms with Gasteiger partial charge in [0.1, 0.15) is 0 Å². The van der Waals surface area contributed by atoms with Gasteiger partial charge < -0.3 is 9.80 Å². The van der Waals surface area contributed by atoms with Crippen molar-refractivity contribution in [3.63, 3.8) is 0 Å². The summed E-state index contributed by atoms with van der Waals surface area (Å²) < 4.78 is 0. The van der Waals surface area contributed by atoms with Crippen LogP contribution in [0.1, 0.15) is 33.1 Å². The number of likely N-dealkylation sites (tertiary alicyclic amines) is 2. The molecule has 2 saturated heterocycles. The van der Waals surface area contributed by atoms with Crippen molar-refractivity contribution in [1.82, 2.24) is 9.80 Å². The van der Waals surface area contributed by atoms with Gasteiger partial charge in [0, 0.05) is 32.6 Å². The molecule has 2 aliphatic heterocycles. The van der Waals surface area contributed by atoms with Crippen LogP contribution in [0.2, 0.25) is 0 Å². The number of piperidine rings is 1. The third-order valence-electron chi connectivity index (χ3n) is 4.44. The number of rotatable bonds is 3. The molecule has 0 saturated carbocycles. The van der Waals surface area contributed by atoms with Crippen LogP contribution in [0.25, 0.3) is 0 Å². The molecule has 1 amide bonds. The zero-order chi connectivity index (χ0) is 12.4. The lowest BCUT2D eigenvalue weighted by Crippen LogP contribution is -2.47. The first kappa shape index (κ1) is 12.9. The zero-order valence-corrected chi connectivity index (χ0v) is 11.5. The van der Waals surface area contributed by atoms with Crippen LogP contribution < -0.4 is 0 Å². The second-order valence-corrected chi connectivity index (χ2v) is 6.25. The van der Waals surface area contributed by atoms with Crippen LogP contribution >= 0.6 is 0 Å². The van der Waals surface area contributed by atoms with Crippen LogP contribution in [0.4, 0.5) is 0 Å². The number of hydrogen-bond acceptors (Lipinski definition) is 2. The molecule has 17 heavy (non-hydrogen) atoms. The van der Waals surface area contributed by atoms with Crippen molar-refractivity contribution in [1.29, 1.82) is 0 Å². The molecule has 98 valence electrons. The van der Waals surface area contributed by atoms with E-state index in [4.69, 9.17) is 0 Å². The largest absolute Gasteiger partial charge is 0.343 e. The molecule has 0 aliphatic carbocycles. The maximum Gasteiger partial charge on any atom is 0.222 e. The Balaban J connectivity index is 1.71. The molecule has 0 unspecified atom stereocenters. The zero-order valence-electron chi connectivity index (χ0n) is 11.5. The lowest BCUT2D eigenvalue weighted by Gasteiger charge is -2.38. The second kappa shape index (κ2) is 5.38. The number of amides is 1. The van der Waals surface area contributed by atoms with Crippen molar-refractivity contribution in [2.75, 3.05) is 33.2 Å². The third-order valence-corrected chi connectivity index (χ3v) is 4.44. The summed E-state index contributed by atoms with van der Waals surface area (Å²) in [4.78, 5) is 16.5. The van der Waals surface area contributed by atoms with Gasteiger partial charge in [-0.1, -0.05) is 13.8 Å². The lowest BCUT2D eigenvalue weighted by atomic mass is 9.86. The predicted molar refractivity (Wildman–Crippen MR) is 69.7 cm³/mol. The van der Waals surface area contributed by atoms with Crippen LogP contribution in [-0.4, -0.2) is 48.9 Å². The van der Waals surface area contributed by atoms with Gasteiger partial charge in [0.15, 0.2) is 0 Å². The minimum atomic E-state index is 0.394. The SMILES string of the molecule is CC(C)C1CCN(C(=O)CC2CN(C)C2)CC1. The molecule has 2 rings (SSSR count). The Morgan fingerprint density at radius 1 is 1.24 bits per heavy atom. The molecule has 0 radical (unpaired) electrons. The molecule has 3 heteroatoms. The average molecular weight is 238 g/mol. The van der Waals surface area contributed by atoms with Gasteiger partial charge in [-0.05, 0) is 37.6 Å². The molecule has 2 heterocycles. The Labute approximate surface area is 105 Å². The summed E-state index contributed by atoms with van der Waals surface area (Å²) in [6, 6.07) is 0. The lowest BCUT2D eigenvalue weighted by molar-refractivity contribution is -0.135. The molecular weight excluding hydrogens is 212 g/mol. The molecule has 0 aromatic rings. The van der Waals surface area contributed by atoms with Crippen LogP contribution in [-0.2, 0) is 4.79 Å². The predicted octanol–water partition coefficient (Wildman–Crippen LogP) is 1.83. The van der Waals surface area contributed by atoms with Gasteiger partial charge in [0.2, 0.25) is 5.91 Å². The van der Waals surface area contributed by atoms with E-state index in [9.17, 15) is 4.79 Å². The maximum absolute atomic E-state index is 12.1. The van der Waals surface area contributed by atoms with Gasteiger partial charge >= 0.3 is 0 Å². The smallest absolute Gasteiger partial charge is 0.222 e. The van der Waals surface area contributed by atoms with E-state index in [2.05, 4.69) is 30.7 Å². The molecule has 0 atom stereocenters. The van der Waals surface area contributed by atoms with Crippen molar-refractivity contribution in [3.05, 3.63) is 0 Å². The van der Waals surface area contributed by atoms with Crippen LogP contribution in [0.3, 0.4) is 0 Å². The van der Waals surface area contributed by atoms with E-state index < -0.39 is 0 Å². The minimum absolute atomic E-state index is 0.394. The van der Waals surface area contributed by atoms with Gasteiger partial charge in [-0.2, -0.15) is 0 Å². The fraction of sp³-hybridized carbons (Fsp3) is 0.929. The molecule has 0 aromatic heterocycles. The Kier molecular flexibility index (Phi) is 4.08. The number of carbonyl (C=O) groups is 1. The Morgan fingerprint density at radius 3 is 2.29 bits per heavy atom. The van der Waals surface area contributed by atoms with Crippen molar-refractivity contribution in [2.24, 2.45) is 17.8 Å². The maximum atomic E-state index is 12.1. The summed E-state index contributed by atoms with van der Waals surface area (Å²) in [7, 11) is 2.12. The van der Waals surface area contributed by atoms with Crippen molar-refractivity contribution >= 4 is 5.91 Å². The molecule has 2 aliphatic rings. The highest BCUT2D eigenvalue weighted by atomic mass is 16.2. The fourth-order valence-corrected chi connectivity index (χ4v) is 3.15.